The summed E-state index contributed by atoms with van der Waals surface area (Å²) in [5.41, 5.74) is 21.6. The number of hydrogen-bond donors (Lipinski definition) is 0. The summed E-state index contributed by atoms with van der Waals surface area (Å²) in [6, 6.07) is 62.5. The number of benzene rings is 8. The molecule has 10 aromatic rings. The average Bonchev–Trinajstić information content (AvgIpc) is 3.94. The zero-order chi connectivity index (χ0) is 48.9. The van der Waals surface area contributed by atoms with E-state index in [0.29, 0.717) is 0 Å². The van der Waals surface area contributed by atoms with Crippen molar-refractivity contribution in [1.82, 2.24) is 0 Å². The monoisotopic (exact) mass is 940 g/mol. The SMILES string of the molecule is CC(C)(C)c1ccc(N2B3c4oc5cc6c(cc5c4N(c4ccc(C(C)(C)C)cc4-c4ccccc4)c4cc(-c5ccccc5)cc(c43)-c3ccc4sc5ccccc5c4c32)C(C)(C)CCC6(C)C)cc1. The van der Waals surface area contributed by atoms with Crippen LogP contribution < -0.4 is 20.8 Å². The van der Waals surface area contributed by atoms with Crippen LogP contribution in [0.3, 0.4) is 0 Å². The van der Waals surface area contributed by atoms with Gasteiger partial charge in [-0.25, -0.2) is 0 Å². The van der Waals surface area contributed by atoms with E-state index in [-0.39, 0.29) is 28.5 Å². The van der Waals surface area contributed by atoms with Crippen molar-refractivity contribution in [3.63, 3.8) is 0 Å². The second kappa shape index (κ2) is 15.3. The van der Waals surface area contributed by atoms with E-state index in [2.05, 4.69) is 243 Å². The molecule has 3 aliphatic rings. The zero-order valence-corrected chi connectivity index (χ0v) is 43.6. The number of anilines is 5. The van der Waals surface area contributed by atoms with Crippen molar-refractivity contribution in [2.75, 3.05) is 9.71 Å². The third kappa shape index (κ3) is 6.75. The van der Waals surface area contributed by atoms with Gasteiger partial charge in [0.25, 0.3) is 0 Å². The Labute approximate surface area is 423 Å². The Balaban J connectivity index is 1.23. The molecule has 0 amide bonds. The lowest BCUT2D eigenvalue weighted by atomic mass is 9.45. The molecule has 2 aliphatic heterocycles. The molecule has 13 rings (SSSR count). The third-order valence-corrected chi connectivity index (χ3v) is 17.6. The molecule has 0 bridgehead atoms. The molecular weight excluding hydrogens is 880 g/mol. The molecule has 4 heterocycles. The molecule has 0 radical (unpaired) electrons. The summed E-state index contributed by atoms with van der Waals surface area (Å²) in [6.07, 6.45) is 2.26. The van der Waals surface area contributed by atoms with Gasteiger partial charge in [0.1, 0.15) is 11.2 Å². The number of rotatable bonds is 4. The van der Waals surface area contributed by atoms with Crippen molar-refractivity contribution in [2.24, 2.45) is 0 Å². The Bertz CT molecular complexity index is 3790. The molecule has 0 spiro atoms. The van der Waals surface area contributed by atoms with E-state index in [4.69, 9.17) is 4.42 Å². The highest BCUT2D eigenvalue weighted by molar-refractivity contribution is 7.26. The van der Waals surface area contributed by atoms with E-state index in [1.165, 1.54) is 92.6 Å². The van der Waals surface area contributed by atoms with Crippen molar-refractivity contribution in [1.29, 1.82) is 0 Å². The minimum absolute atomic E-state index is 0.000316. The third-order valence-electron chi connectivity index (χ3n) is 16.4. The van der Waals surface area contributed by atoms with Gasteiger partial charge in [0, 0.05) is 53.7 Å². The van der Waals surface area contributed by atoms with Crippen LogP contribution in [0.15, 0.2) is 168 Å². The van der Waals surface area contributed by atoms with Crippen LogP contribution in [0.5, 0.6) is 0 Å². The van der Waals surface area contributed by atoms with Gasteiger partial charge in [-0.2, -0.15) is 0 Å². The molecule has 8 aromatic carbocycles. The Hall–Kier alpha value is -6.82. The number of nitrogens with zero attached hydrogens (tertiary/aromatic N) is 2. The van der Waals surface area contributed by atoms with Gasteiger partial charge in [-0.15, -0.1) is 11.3 Å². The molecule has 0 unspecified atom stereocenters. The van der Waals surface area contributed by atoms with Gasteiger partial charge in [0.05, 0.1) is 11.4 Å². The van der Waals surface area contributed by atoms with Gasteiger partial charge in [-0.1, -0.05) is 172 Å². The van der Waals surface area contributed by atoms with E-state index in [1.54, 1.807) is 0 Å². The maximum Gasteiger partial charge on any atom is 0.375 e. The lowest BCUT2D eigenvalue weighted by molar-refractivity contribution is 0.332. The summed E-state index contributed by atoms with van der Waals surface area (Å²) in [7, 11) is 0. The Morgan fingerprint density at radius 3 is 1.83 bits per heavy atom. The highest BCUT2D eigenvalue weighted by Crippen LogP contribution is 2.56. The summed E-state index contributed by atoms with van der Waals surface area (Å²) < 4.78 is 10.4. The van der Waals surface area contributed by atoms with Crippen LogP contribution in [0, 0.1) is 0 Å². The van der Waals surface area contributed by atoms with Crippen molar-refractivity contribution in [3.05, 3.63) is 186 Å². The minimum Gasteiger partial charge on any atom is -0.466 e. The Kier molecular flexibility index (Phi) is 9.54. The fraction of sp³-hybridized carbons (Fsp3) is 0.242. The van der Waals surface area contributed by atoms with Crippen molar-refractivity contribution < 1.29 is 4.42 Å². The first-order valence-electron chi connectivity index (χ1n) is 25.7. The maximum atomic E-state index is 7.80. The predicted molar refractivity (Wildman–Crippen MR) is 306 cm³/mol. The molecule has 71 heavy (non-hydrogen) atoms. The molecule has 0 saturated carbocycles. The fourth-order valence-electron chi connectivity index (χ4n) is 12.3. The van der Waals surface area contributed by atoms with Crippen molar-refractivity contribution in [3.8, 4) is 33.4 Å². The Morgan fingerprint density at radius 2 is 1.14 bits per heavy atom. The number of furan rings is 1. The van der Waals surface area contributed by atoms with Crippen LogP contribution >= 0.6 is 11.3 Å². The lowest BCUT2D eigenvalue weighted by Gasteiger charge is -2.45. The van der Waals surface area contributed by atoms with Gasteiger partial charge in [-0.05, 0) is 145 Å². The summed E-state index contributed by atoms with van der Waals surface area (Å²) in [5, 5.41) is 3.74. The lowest BCUT2D eigenvalue weighted by Crippen LogP contribution is -2.61. The number of hydrogen-bond acceptors (Lipinski definition) is 4. The van der Waals surface area contributed by atoms with E-state index >= 15 is 0 Å². The largest absolute Gasteiger partial charge is 0.466 e. The van der Waals surface area contributed by atoms with Crippen LogP contribution in [0.25, 0.3) is 64.5 Å². The molecule has 2 aromatic heterocycles. The van der Waals surface area contributed by atoms with Gasteiger partial charge in [0.2, 0.25) is 0 Å². The molecule has 0 N–H and O–H groups in total. The van der Waals surface area contributed by atoms with E-state index in [1.807, 2.05) is 11.3 Å². The molecule has 3 nitrogen and oxygen atoms in total. The van der Waals surface area contributed by atoms with Crippen LogP contribution in [0.2, 0.25) is 0 Å². The molecule has 350 valence electrons. The standard InChI is InChI=1S/C66H61BN2OS/c1-63(2,3)43-25-28-45(29-26-43)69-60-46(30-32-57-58(60)47-23-17-18-24-56(47)71-57)49-35-42(40-19-13-11-14-20-40)36-54-59(49)67(69)62-61(50-38-51-52(39-55(50)70-62)66(9,10)34-33-65(51,7)8)68(54)53-31-27-44(64(4,5)6)37-48(53)41-21-15-12-16-22-41/h11-32,35-39H,33-34H2,1-10H3. The number of fused-ring (bicyclic) bond motifs is 11. The van der Waals surface area contributed by atoms with E-state index < -0.39 is 0 Å². The van der Waals surface area contributed by atoms with Gasteiger partial charge >= 0.3 is 6.85 Å². The number of thiophene rings is 1. The summed E-state index contributed by atoms with van der Waals surface area (Å²) in [6.45, 7) is 23.3. The molecule has 1 aliphatic carbocycles. The summed E-state index contributed by atoms with van der Waals surface area (Å²) in [5.74, 6) is 0. The first-order valence-corrected chi connectivity index (χ1v) is 26.5. The maximum absolute atomic E-state index is 7.80. The fourth-order valence-corrected chi connectivity index (χ4v) is 13.4. The second-order valence-corrected chi connectivity index (χ2v) is 25.1. The topological polar surface area (TPSA) is 19.6 Å². The zero-order valence-electron chi connectivity index (χ0n) is 42.8. The van der Waals surface area contributed by atoms with Crippen LogP contribution in [0.4, 0.5) is 28.4 Å². The van der Waals surface area contributed by atoms with Gasteiger partial charge in [-0.3, -0.25) is 0 Å². The molecule has 5 heteroatoms. The predicted octanol–water partition coefficient (Wildman–Crippen LogP) is 17.8. The smallest absolute Gasteiger partial charge is 0.375 e. The molecule has 0 fully saturated rings. The second-order valence-electron chi connectivity index (χ2n) is 24.0. The summed E-state index contributed by atoms with van der Waals surface area (Å²) >= 11 is 1.89. The summed E-state index contributed by atoms with van der Waals surface area (Å²) in [4.78, 5) is 5.29. The minimum atomic E-state index is -0.298. The normalized spacial score (nSPS) is 15.8. The first kappa shape index (κ1) is 44.1. The molecular formula is C66H61BN2OS. The van der Waals surface area contributed by atoms with Crippen molar-refractivity contribution >= 4 is 88.9 Å². The van der Waals surface area contributed by atoms with Crippen LogP contribution in [-0.4, -0.2) is 6.85 Å². The van der Waals surface area contributed by atoms with Gasteiger partial charge in [0.15, 0.2) is 0 Å². The van der Waals surface area contributed by atoms with Crippen molar-refractivity contribution in [2.45, 2.75) is 104 Å². The van der Waals surface area contributed by atoms with E-state index in [0.717, 1.165) is 46.5 Å². The Morgan fingerprint density at radius 1 is 0.507 bits per heavy atom. The van der Waals surface area contributed by atoms with Crippen LogP contribution in [0.1, 0.15) is 104 Å². The first-order chi connectivity index (χ1) is 34.0. The highest BCUT2D eigenvalue weighted by atomic mass is 32.1. The average molecular weight is 941 g/mol. The molecule has 0 saturated heterocycles. The molecule has 0 atom stereocenters. The van der Waals surface area contributed by atoms with E-state index in [9.17, 15) is 0 Å². The quantitative estimate of drug-likeness (QED) is 0.164. The van der Waals surface area contributed by atoms with Gasteiger partial charge < -0.3 is 14.1 Å². The highest BCUT2D eigenvalue weighted by Gasteiger charge is 2.50. The van der Waals surface area contributed by atoms with Crippen LogP contribution in [-0.2, 0) is 21.7 Å².